The third-order valence-corrected chi connectivity index (χ3v) is 3.82. The first-order valence-corrected chi connectivity index (χ1v) is 6.34. The molecule has 1 aliphatic heterocycles. The molecule has 0 atom stereocenters. The van der Waals surface area contributed by atoms with Crippen molar-refractivity contribution >= 4 is 32.7 Å². The summed E-state index contributed by atoms with van der Waals surface area (Å²) in [5.41, 5.74) is 0.967. The fourth-order valence-electron chi connectivity index (χ4n) is 2.28. The lowest BCUT2D eigenvalue weighted by molar-refractivity contribution is 0.0951. The highest BCUT2D eigenvalue weighted by Crippen LogP contribution is 2.32. The Bertz CT molecular complexity index is 666. The van der Waals surface area contributed by atoms with Crippen LogP contribution >= 0.6 is 15.9 Å². The van der Waals surface area contributed by atoms with Gasteiger partial charge in [0.15, 0.2) is 11.6 Å². The van der Waals surface area contributed by atoms with Crippen molar-refractivity contribution in [1.29, 1.82) is 0 Å². The van der Waals surface area contributed by atoms with E-state index in [4.69, 9.17) is 0 Å². The van der Waals surface area contributed by atoms with E-state index in [-0.39, 0.29) is 10.4 Å². The van der Waals surface area contributed by atoms with Crippen molar-refractivity contribution in [1.82, 2.24) is 9.88 Å². The Morgan fingerprint density at radius 3 is 2.89 bits per heavy atom. The van der Waals surface area contributed by atoms with Gasteiger partial charge in [-0.05, 0) is 34.5 Å². The molecule has 3 rings (SSSR count). The second-order valence-corrected chi connectivity index (χ2v) is 5.01. The normalized spacial score (nSPS) is 15.4. The van der Waals surface area contributed by atoms with Crippen LogP contribution in [0.3, 0.4) is 0 Å². The number of carbonyl (C=O) groups excluding carboxylic acids is 1. The summed E-state index contributed by atoms with van der Waals surface area (Å²) in [6, 6.07) is 2.70. The summed E-state index contributed by atoms with van der Waals surface area (Å²) < 4.78 is 28.7. The molecule has 2 heterocycles. The number of halogens is 3. The van der Waals surface area contributed by atoms with E-state index in [2.05, 4.69) is 21.2 Å². The standard InChI is InChI=1S/C12H9BrF2N2O/c13-9-10(15)7(14)4-6-5-8-12(18)16-2-1-3-17(8)11(6)9/h4-5H,1-3H2,(H,16,18). The van der Waals surface area contributed by atoms with Gasteiger partial charge in [0.05, 0.1) is 9.99 Å². The van der Waals surface area contributed by atoms with Gasteiger partial charge in [-0.3, -0.25) is 4.79 Å². The van der Waals surface area contributed by atoms with Crippen LogP contribution in [0.4, 0.5) is 8.78 Å². The molecule has 6 heteroatoms. The monoisotopic (exact) mass is 314 g/mol. The SMILES string of the molecule is O=C1NCCCn2c1cc1cc(F)c(F)c(Br)c12. The zero-order valence-corrected chi connectivity index (χ0v) is 10.9. The zero-order chi connectivity index (χ0) is 12.9. The van der Waals surface area contributed by atoms with Gasteiger partial charge < -0.3 is 9.88 Å². The van der Waals surface area contributed by atoms with Crippen molar-refractivity contribution in [3.8, 4) is 0 Å². The fourth-order valence-corrected chi connectivity index (χ4v) is 2.92. The second kappa shape index (κ2) is 4.05. The third kappa shape index (κ3) is 1.55. The van der Waals surface area contributed by atoms with Crippen LogP contribution in [0.25, 0.3) is 10.9 Å². The minimum atomic E-state index is -0.923. The van der Waals surface area contributed by atoms with Crippen LogP contribution in [0.15, 0.2) is 16.6 Å². The predicted molar refractivity (Wildman–Crippen MR) is 66.5 cm³/mol. The van der Waals surface area contributed by atoms with Gasteiger partial charge in [0.2, 0.25) is 0 Å². The molecule has 18 heavy (non-hydrogen) atoms. The lowest BCUT2D eigenvalue weighted by Gasteiger charge is -2.07. The van der Waals surface area contributed by atoms with E-state index in [9.17, 15) is 13.6 Å². The molecule has 0 bridgehead atoms. The second-order valence-electron chi connectivity index (χ2n) is 4.21. The maximum absolute atomic E-state index is 13.6. The highest BCUT2D eigenvalue weighted by Gasteiger charge is 2.22. The van der Waals surface area contributed by atoms with Crippen molar-refractivity contribution in [3.63, 3.8) is 0 Å². The molecular formula is C12H9BrF2N2O. The smallest absolute Gasteiger partial charge is 0.267 e. The van der Waals surface area contributed by atoms with Crippen LogP contribution in [0.1, 0.15) is 16.9 Å². The largest absolute Gasteiger partial charge is 0.351 e. The maximum atomic E-state index is 13.6. The van der Waals surface area contributed by atoms with E-state index >= 15 is 0 Å². The summed E-state index contributed by atoms with van der Waals surface area (Å²) in [5.74, 6) is -2.06. The molecule has 3 nitrogen and oxygen atoms in total. The molecule has 0 fully saturated rings. The van der Waals surface area contributed by atoms with Crippen LogP contribution in [-0.2, 0) is 6.54 Å². The van der Waals surface area contributed by atoms with Crippen molar-refractivity contribution in [3.05, 3.63) is 33.9 Å². The fraction of sp³-hybridized carbons (Fsp3) is 0.250. The summed E-state index contributed by atoms with van der Waals surface area (Å²) in [5, 5.41) is 3.27. The zero-order valence-electron chi connectivity index (χ0n) is 9.27. The van der Waals surface area contributed by atoms with Crippen molar-refractivity contribution in [2.24, 2.45) is 0 Å². The number of aryl methyl sites for hydroxylation is 1. The van der Waals surface area contributed by atoms with Crippen LogP contribution in [0.5, 0.6) is 0 Å². The molecule has 1 aliphatic rings. The summed E-state index contributed by atoms with van der Waals surface area (Å²) in [7, 11) is 0. The van der Waals surface area contributed by atoms with Gasteiger partial charge in [0.25, 0.3) is 5.91 Å². The minimum absolute atomic E-state index is 0.0680. The number of hydrogen-bond donors (Lipinski definition) is 1. The molecule has 1 aromatic carbocycles. The van der Waals surface area contributed by atoms with Gasteiger partial charge in [-0.15, -0.1) is 0 Å². The number of amides is 1. The van der Waals surface area contributed by atoms with Crippen molar-refractivity contribution < 1.29 is 13.6 Å². The molecule has 0 spiro atoms. The van der Waals surface area contributed by atoms with Gasteiger partial charge in [0, 0.05) is 18.5 Å². The number of fused-ring (bicyclic) bond motifs is 3. The van der Waals surface area contributed by atoms with Crippen LogP contribution in [0.2, 0.25) is 0 Å². The quantitative estimate of drug-likeness (QED) is 0.745. The number of rotatable bonds is 0. The van der Waals surface area contributed by atoms with Gasteiger partial charge in [0.1, 0.15) is 5.69 Å². The lowest BCUT2D eigenvalue weighted by Crippen LogP contribution is -2.22. The summed E-state index contributed by atoms with van der Waals surface area (Å²) in [4.78, 5) is 11.8. The molecule has 0 saturated carbocycles. The molecule has 0 saturated heterocycles. The molecule has 1 aromatic heterocycles. The van der Waals surface area contributed by atoms with E-state index in [1.807, 2.05) is 0 Å². The number of benzene rings is 1. The Hall–Kier alpha value is -1.43. The van der Waals surface area contributed by atoms with Gasteiger partial charge >= 0.3 is 0 Å². The first-order valence-electron chi connectivity index (χ1n) is 5.54. The third-order valence-electron chi connectivity index (χ3n) is 3.10. The Morgan fingerprint density at radius 2 is 2.11 bits per heavy atom. The minimum Gasteiger partial charge on any atom is -0.351 e. The molecule has 0 aliphatic carbocycles. The topological polar surface area (TPSA) is 34.0 Å². The molecule has 0 radical (unpaired) electrons. The molecular weight excluding hydrogens is 306 g/mol. The summed E-state index contributed by atoms with van der Waals surface area (Å²) in [6.07, 6.45) is 0.758. The summed E-state index contributed by atoms with van der Waals surface area (Å²) >= 11 is 3.07. The lowest BCUT2D eigenvalue weighted by atomic mass is 10.2. The van der Waals surface area contributed by atoms with E-state index in [1.54, 1.807) is 10.6 Å². The van der Waals surface area contributed by atoms with Crippen LogP contribution in [0, 0.1) is 11.6 Å². The Labute approximate surface area is 110 Å². The number of aromatic nitrogens is 1. The molecule has 2 aromatic rings. The predicted octanol–water partition coefficient (Wildman–Crippen LogP) is 2.82. The average molecular weight is 315 g/mol. The molecule has 1 amide bonds. The van der Waals surface area contributed by atoms with E-state index in [0.29, 0.717) is 29.7 Å². The number of nitrogens with one attached hydrogen (secondary N) is 1. The van der Waals surface area contributed by atoms with E-state index < -0.39 is 11.6 Å². The van der Waals surface area contributed by atoms with Crippen molar-refractivity contribution in [2.45, 2.75) is 13.0 Å². The Kier molecular flexibility index (Phi) is 2.62. The number of hydrogen-bond acceptors (Lipinski definition) is 1. The van der Waals surface area contributed by atoms with Gasteiger partial charge in [-0.1, -0.05) is 0 Å². The van der Waals surface area contributed by atoms with Crippen molar-refractivity contribution in [2.75, 3.05) is 6.54 Å². The van der Waals surface area contributed by atoms with E-state index in [1.165, 1.54) is 0 Å². The van der Waals surface area contributed by atoms with Gasteiger partial charge in [-0.25, -0.2) is 8.78 Å². The highest BCUT2D eigenvalue weighted by atomic mass is 79.9. The van der Waals surface area contributed by atoms with Crippen LogP contribution in [-0.4, -0.2) is 17.0 Å². The molecule has 1 N–H and O–H groups in total. The maximum Gasteiger partial charge on any atom is 0.267 e. The van der Waals surface area contributed by atoms with Crippen LogP contribution < -0.4 is 5.32 Å². The Balaban J connectivity index is 2.38. The summed E-state index contributed by atoms with van der Waals surface area (Å²) in [6.45, 7) is 1.19. The molecule has 94 valence electrons. The molecule has 0 unspecified atom stereocenters. The first kappa shape index (κ1) is 11.6. The Morgan fingerprint density at radius 1 is 1.33 bits per heavy atom. The van der Waals surface area contributed by atoms with E-state index in [0.717, 1.165) is 12.5 Å². The highest BCUT2D eigenvalue weighted by molar-refractivity contribution is 9.10. The average Bonchev–Trinajstić information content (AvgIpc) is 2.61. The number of carbonyl (C=O) groups is 1. The number of nitrogens with zero attached hydrogens (tertiary/aromatic N) is 1. The first-order chi connectivity index (χ1) is 8.59. The van der Waals surface area contributed by atoms with Gasteiger partial charge in [-0.2, -0.15) is 0 Å².